The molecule has 10 nitrogen and oxygen atoms in total. The Morgan fingerprint density at radius 3 is 1.38 bits per heavy atom. The fourth-order valence-corrected chi connectivity index (χ4v) is 6.86. The predicted octanol–water partition coefficient (Wildman–Crippen LogP) is 5.12. The summed E-state index contributed by atoms with van der Waals surface area (Å²) in [4.78, 5) is 37.3. The quantitative estimate of drug-likeness (QED) is 0.186. The Bertz CT molecular complexity index is 1710. The lowest BCUT2D eigenvalue weighted by Gasteiger charge is -2.39. The molecule has 7 rings (SSSR count). The molecule has 2 aliphatic heterocycles. The molecule has 0 aromatic carbocycles. The van der Waals surface area contributed by atoms with Gasteiger partial charge in [-0.1, -0.05) is 18.6 Å². The number of alkyl halides is 4. The maximum atomic E-state index is 13.3. The molecule has 0 spiro atoms. The van der Waals surface area contributed by atoms with Crippen molar-refractivity contribution >= 4 is 23.2 Å². The Kier molecular flexibility index (Phi) is 9.27. The Morgan fingerprint density at radius 2 is 1.00 bits per heavy atom. The van der Waals surface area contributed by atoms with Crippen LogP contribution in [0.4, 0.5) is 29.2 Å². The number of hydrogen-bond donors (Lipinski definition) is 0. The number of hydrogen-bond acceptors (Lipinski definition) is 10. The first kappa shape index (κ1) is 33.6. The zero-order valence-corrected chi connectivity index (χ0v) is 27.3. The van der Waals surface area contributed by atoms with Crippen LogP contribution in [0.3, 0.4) is 0 Å². The number of Topliss-reactive ketones (excluding diaryl/α,β-unsaturated/α-hetero) is 2. The van der Waals surface area contributed by atoms with Crippen molar-refractivity contribution < 1.29 is 27.2 Å². The first-order valence-corrected chi connectivity index (χ1v) is 16.8. The van der Waals surface area contributed by atoms with E-state index in [4.69, 9.17) is 0 Å². The van der Waals surface area contributed by atoms with Crippen LogP contribution in [0.15, 0.2) is 60.7 Å². The van der Waals surface area contributed by atoms with Gasteiger partial charge in [-0.15, -0.1) is 0 Å². The lowest BCUT2D eigenvalue weighted by atomic mass is 9.78. The third kappa shape index (κ3) is 8.11. The van der Waals surface area contributed by atoms with Crippen LogP contribution in [0.5, 0.6) is 0 Å². The molecule has 2 atom stereocenters. The fourth-order valence-electron chi connectivity index (χ4n) is 6.86. The van der Waals surface area contributed by atoms with Gasteiger partial charge in [0.15, 0.2) is 0 Å². The Balaban J connectivity index is 0.887. The number of pyridine rings is 2. The van der Waals surface area contributed by atoms with Gasteiger partial charge < -0.3 is 9.80 Å². The van der Waals surface area contributed by atoms with Crippen LogP contribution in [0.1, 0.15) is 71.7 Å². The van der Waals surface area contributed by atoms with E-state index in [-0.39, 0.29) is 75.3 Å². The summed E-state index contributed by atoms with van der Waals surface area (Å²) in [6.45, 7) is -1.46. The molecule has 4 aromatic rings. The maximum absolute atomic E-state index is 13.3. The third-order valence-electron chi connectivity index (χ3n) is 9.43. The minimum absolute atomic E-state index is 0.0788. The van der Waals surface area contributed by atoms with E-state index < -0.39 is 11.8 Å². The molecule has 3 aliphatic rings. The van der Waals surface area contributed by atoms with Crippen molar-refractivity contribution in [3.8, 4) is 0 Å². The summed E-state index contributed by atoms with van der Waals surface area (Å²) in [5, 5.41) is 17.6. The van der Waals surface area contributed by atoms with Gasteiger partial charge >= 0.3 is 0 Å². The number of carbonyl (C=O) groups is 2. The summed E-state index contributed by atoms with van der Waals surface area (Å²) in [6, 6.07) is 17.7. The van der Waals surface area contributed by atoms with Crippen LogP contribution in [-0.2, 0) is 35.3 Å². The zero-order valence-electron chi connectivity index (χ0n) is 27.3. The van der Waals surface area contributed by atoms with Gasteiger partial charge in [-0.3, -0.25) is 9.59 Å². The summed E-state index contributed by atoms with van der Waals surface area (Å²) in [5.74, 6) is -4.31. The van der Waals surface area contributed by atoms with Crippen molar-refractivity contribution in [3.05, 3.63) is 94.8 Å². The third-order valence-corrected chi connectivity index (χ3v) is 9.43. The average molecular weight is 689 g/mol. The highest BCUT2D eigenvalue weighted by molar-refractivity contribution is 5.83. The number of carbonyl (C=O) groups excluding carboxylic acids is 2. The number of nitrogens with zero attached hydrogens (tertiary/aromatic N) is 8. The smallest absolute Gasteiger partial charge is 0.282 e. The molecule has 0 unspecified atom stereocenters. The molecule has 50 heavy (non-hydrogen) atoms. The van der Waals surface area contributed by atoms with Crippen LogP contribution >= 0.6 is 0 Å². The molecule has 14 heteroatoms. The van der Waals surface area contributed by atoms with E-state index in [1.807, 2.05) is 24.3 Å². The van der Waals surface area contributed by atoms with Crippen molar-refractivity contribution in [2.24, 2.45) is 0 Å². The Morgan fingerprint density at radius 1 is 0.580 bits per heavy atom. The predicted molar refractivity (Wildman–Crippen MR) is 176 cm³/mol. The van der Waals surface area contributed by atoms with Gasteiger partial charge in [-0.25, -0.2) is 27.5 Å². The molecule has 4 aromatic heterocycles. The van der Waals surface area contributed by atoms with Crippen LogP contribution in [0.2, 0.25) is 0 Å². The van der Waals surface area contributed by atoms with E-state index in [0.29, 0.717) is 34.4 Å². The van der Waals surface area contributed by atoms with Crippen molar-refractivity contribution in [3.63, 3.8) is 0 Å². The highest BCUT2D eigenvalue weighted by Crippen LogP contribution is 2.40. The molecule has 0 radical (unpaired) electrons. The zero-order chi connectivity index (χ0) is 34.9. The molecular weight excluding hydrogens is 652 g/mol. The molecule has 1 aliphatic carbocycles. The standard InChI is InChI=1S/C36H36F4N8O2/c37-35(38)19-47(20-35)33-8-2-6-25(41-33)15-29(49)17-27-10-12-31(45-43-27)23-4-1-5-24(14-23)32-13-11-28(44-46-32)18-30(50)16-26-7-3-9-34(42-26)48-21-36(39,40)22-48/h2-3,6-13,23-24H,1,4-5,14-22H2/t23-,24-/m0/s1. The summed E-state index contributed by atoms with van der Waals surface area (Å²) >= 11 is 0. The van der Waals surface area contributed by atoms with Crippen LogP contribution in [0.25, 0.3) is 0 Å². The van der Waals surface area contributed by atoms with E-state index in [9.17, 15) is 27.2 Å². The van der Waals surface area contributed by atoms with E-state index in [1.165, 1.54) is 9.80 Å². The molecule has 260 valence electrons. The van der Waals surface area contributed by atoms with Crippen molar-refractivity contribution in [1.82, 2.24) is 30.4 Å². The van der Waals surface area contributed by atoms with Gasteiger partial charge in [0.1, 0.15) is 23.2 Å². The largest absolute Gasteiger partial charge is 0.344 e. The molecule has 0 N–H and O–H groups in total. The first-order chi connectivity index (χ1) is 24.0. The van der Waals surface area contributed by atoms with Gasteiger partial charge in [0, 0.05) is 24.7 Å². The molecule has 1 saturated carbocycles. The summed E-state index contributed by atoms with van der Waals surface area (Å²) in [5.41, 5.74) is 3.91. The van der Waals surface area contributed by atoms with Gasteiger partial charge in [0.2, 0.25) is 0 Å². The van der Waals surface area contributed by atoms with Crippen LogP contribution in [-0.4, -0.2) is 80.0 Å². The number of ketones is 2. The van der Waals surface area contributed by atoms with Gasteiger partial charge in [-0.2, -0.15) is 20.4 Å². The van der Waals surface area contributed by atoms with E-state index in [0.717, 1.165) is 37.1 Å². The Labute approximate surface area is 286 Å². The van der Waals surface area contributed by atoms with Crippen molar-refractivity contribution in [2.45, 2.75) is 75.0 Å². The fraction of sp³-hybridized carbons (Fsp3) is 0.444. The lowest BCUT2D eigenvalue weighted by Crippen LogP contribution is -2.56. The van der Waals surface area contributed by atoms with E-state index in [1.54, 1.807) is 36.4 Å². The number of anilines is 2. The SMILES string of the molecule is O=C(Cc1ccc([C@H]2CCC[C@H](c3ccc(CC(=O)Cc4cccc(N5CC(F)(F)C5)n4)nn3)C2)nn1)Cc1cccc(N2CC(F)(F)C2)n1. The second kappa shape index (κ2) is 13.8. The van der Waals surface area contributed by atoms with Gasteiger partial charge in [0.05, 0.1) is 73.2 Å². The van der Waals surface area contributed by atoms with Gasteiger partial charge in [-0.05, 0) is 67.8 Å². The lowest BCUT2D eigenvalue weighted by molar-refractivity contribution is -0.118. The van der Waals surface area contributed by atoms with E-state index in [2.05, 4.69) is 30.4 Å². The molecule has 6 heterocycles. The minimum Gasteiger partial charge on any atom is -0.344 e. The van der Waals surface area contributed by atoms with Crippen molar-refractivity contribution in [1.29, 1.82) is 0 Å². The summed E-state index contributed by atoms with van der Waals surface area (Å²) in [7, 11) is 0. The van der Waals surface area contributed by atoms with Crippen LogP contribution < -0.4 is 9.80 Å². The minimum atomic E-state index is -2.70. The maximum Gasteiger partial charge on any atom is 0.282 e. The molecule has 3 fully saturated rings. The Hall–Kier alpha value is -4.88. The second-order valence-electron chi connectivity index (χ2n) is 13.6. The molecular formula is C36H36F4N8O2. The normalized spacial score (nSPS) is 20.9. The number of halogens is 4. The molecule has 2 saturated heterocycles. The summed E-state index contributed by atoms with van der Waals surface area (Å²) in [6.07, 6.45) is 4.10. The molecule has 0 amide bonds. The first-order valence-electron chi connectivity index (χ1n) is 16.8. The van der Waals surface area contributed by atoms with Crippen molar-refractivity contribution in [2.75, 3.05) is 36.0 Å². The van der Waals surface area contributed by atoms with Gasteiger partial charge in [0.25, 0.3) is 11.8 Å². The molecule has 0 bridgehead atoms. The monoisotopic (exact) mass is 688 g/mol. The number of rotatable bonds is 12. The topological polar surface area (TPSA) is 118 Å². The highest BCUT2D eigenvalue weighted by Gasteiger charge is 2.45. The van der Waals surface area contributed by atoms with E-state index >= 15 is 0 Å². The highest BCUT2D eigenvalue weighted by atomic mass is 19.3. The van der Waals surface area contributed by atoms with Crippen LogP contribution in [0, 0.1) is 0 Å². The number of aromatic nitrogens is 6. The second-order valence-corrected chi connectivity index (χ2v) is 13.6. The summed E-state index contributed by atoms with van der Waals surface area (Å²) < 4.78 is 53.0. The average Bonchev–Trinajstić information content (AvgIpc) is 3.07.